The molecule has 9 nitrogen and oxygen atoms in total. The van der Waals surface area contributed by atoms with Crippen LogP contribution in [0.25, 0.3) is 11.7 Å². The van der Waals surface area contributed by atoms with Crippen molar-refractivity contribution in [2.24, 2.45) is 0 Å². The summed E-state index contributed by atoms with van der Waals surface area (Å²) in [5, 5.41) is 0. The van der Waals surface area contributed by atoms with Gasteiger partial charge in [0.05, 0.1) is 36.5 Å². The van der Waals surface area contributed by atoms with Gasteiger partial charge in [0.2, 0.25) is 0 Å². The Labute approximate surface area is 210 Å². The van der Waals surface area contributed by atoms with Gasteiger partial charge in [-0.25, -0.2) is 4.98 Å². The monoisotopic (exact) mass is 510 g/mol. The normalized spacial score (nSPS) is 21.2. The smallest absolute Gasteiger partial charge is 0.267 e. The topological polar surface area (TPSA) is 89.5 Å². The second-order valence-electron chi connectivity index (χ2n) is 8.52. The van der Waals surface area contributed by atoms with Gasteiger partial charge in [0.25, 0.3) is 11.5 Å². The lowest BCUT2D eigenvalue weighted by Gasteiger charge is -2.38. The van der Waals surface area contributed by atoms with Crippen molar-refractivity contribution in [2.75, 3.05) is 31.2 Å². The van der Waals surface area contributed by atoms with Crippen molar-refractivity contribution in [1.29, 1.82) is 0 Å². The lowest BCUT2D eigenvalue weighted by Crippen LogP contribution is -2.46. The van der Waals surface area contributed by atoms with Crippen molar-refractivity contribution in [3.63, 3.8) is 0 Å². The zero-order chi connectivity index (χ0) is 24.0. The number of thiocarbonyl (C=S) groups is 1. The molecule has 3 saturated heterocycles. The first kappa shape index (κ1) is 22.5. The summed E-state index contributed by atoms with van der Waals surface area (Å²) in [5.41, 5.74) is 0.663. The quantitative estimate of drug-likeness (QED) is 0.388. The molecule has 0 unspecified atom stereocenters. The number of aromatic nitrogens is 2. The summed E-state index contributed by atoms with van der Waals surface area (Å²) in [6, 6.07) is 8.98. The maximum absolute atomic E-state index is 13.6. The molecule has 180 valence electrons. The SMILES string of the molecule is O=C1C(=Cc2c(N3CCC4(CC3)OCCO4)nc3ccccn3c2=O)SC(=S)N1Cc1ccco1. The van der Waals surface area contributed by atoms with Crippen molar-refractivity contribution >= 4 is 51.7 Å². The van der Waals surface area contributed by atoms with Crippen LogP contribution in [0, 0.1) is 0 Å². The highest BCUT2D eigenvalue weighted by Crippen LogP contribution is 2.36. The van der Waals surface area contributed by atoms with Crippen molar-refractivity contribution in [2.45, 2.75) is 25.2 Å². The van der Waals surface area contributed by atoms with E-state index in [1.807, 2.05) is 6.07 Å². The molecule has 0 aromatic carbocycles. The van der Waals surface area contributed by atoms with Gasteiger partial charge in [-0.3, -0.25) is 18.9 Å². The predicted octanol–water partition coefficient (Wildman–Crippen LogP) is 3.03. The summed E-state index contributed by atoms with van der Waals surface area (Å²) in [5.74, 6) is 0.376. The third-order valence-corrected chi connectivity index (χ3v) is 7.81. The van der Waals surface area contributed by atoms with Gasteiger partial charge in [-0.1, -0.05) is 30.0 Å². The molecule has 3 aromatic heterocycles. The molecule has 0 saturated carbocycles. The molecular weight excluding hydrogens is 488 g/mol. The molecule has 11 heteroatoms. The first-order valence-corrected chi connectivity index (χ1v) is 12.6. The van der Waals surface area contributed by atoms with Crippen LogP contribution in [0.1, 0.15) is 24.2 Å². The van der Waals surface area contributed by atoms with E-state index < -0.39 is 5.79 Å². The van der Waals surface area contributed by atoms with E-state index in [0.717, 1.165) is 0 Å². The summed E-state index contributed by atoms with van der Waals surface area (Å²) in [7, 11) is 0. The number of carbonyl (C=O) groups excluding carboxylic acids is 1. The minimum atomic E-state index is -0.545. The average Bonchev–Trinajstić information content (AvgIpc) is 3.61. The number of anilines is 1. The molecule has 0 radical (unpaired) electrons. The van der Waals surface area contributed by atoms with E-state index in [2.05, 4.69) is 4.90 Å². The fraction of sp³-hybridized carbons (Fsp3) is 0.333. The van der Waals surface area contributed by atoms with E-state index in [1.165, 1.54) is 21.1 Å². The van der Waals surface area contributed by atoms with Gasteiger partial charge in [-0.2, -0.15) is 0 Å². The molecular formula is C24H22N4O5S2. The van der Waals surface area contributed by atoms with Crippen LogP contribution in [0.2, 0.25) is 0 Å². The zero-order valence-electron chi connectivity index (χ0n) is 18.7. The van der Waals surface area contributed by atoms with Gasteiger partial charge >= 0.3 is 0 Å². The number of amides is 1. The maximum atomic E-state index is 13.6. The summed E-state index contributed by atoms with van der Waals surface area (Å²) < 4.78 is 19.0. The molecule has 3 aliphatic rings. The minimum Gasteiger partial charge on any atom is -0.467 e. The number of thioether (sulfide) groups is 1. The Kier molecular flexibility index (Phi) is 5.72. The molecule has 1 amide bonds. The fourth-order valence-corrected chi connectivity index (χ4v) is 5.87. The van der Waals surface area contributed by atoms with E-state index in [9.17, 15) is 9.59 Å². The number of pyridine rings is 1. The molecule has 6 rings (SSSR count). The molecule has 0 atom stereocenters. The highest BCUT2D eigenvalue weighted by atomic mass is 32.2. The second-order valence-corrected chi connectivity index (χ2v) is 10.2. The molecule has 0 aliphatic carbocycles. The number of ether oxygens (including phenoxy) is 2. The lowest BCUT2D eigenvalue weighted by molar-refractivity contribution is -0.169. The predicted molar refractivity (Wildman–Crippen MR) is 135 cm³/mol. The number of hydrogen-bond donors (Lipinski definition) is 0. The number of rotatable bonds is 4. The zero-order valence-corrected chi connectivity index (χ0v) is 20.3. The highest BCUT2D eigenvalue weighted by Gasteiger charge is 2.41. The Morgan fingerprint density at radius 3 is 2.66 bits per heavy atom. The summed E-state index contributed by atoms with van der Waals surface area (Å²) in [6.07, 6.45) is 6.21. The Morgan fingerprint density at radius 1 is 1.11 bits per heavy atom. The Morgan fingerprint density at radius 2 is 1.91 bits per heavy atom. The molecule has 0 bridgehead atoms. The Balaban J connectivity index is 1.37. The highest BCUT2D eigenvalue weighted by molar-refractivity contribution is 8.26. The first-order valence-electron chi connectivity index (χ1n) is 11.4. The van der Waals surface area contributed by atoms with Crippen molar-refractivity contribution in [1.82, 2.24) is 14.3 Å². The van der Waals surface area contributed by atoms with Gasteiger partial charge in [-0.05, 0) is 30.3 Å². The van der Waals surface area contributed by atoms with E-state index in [-0.39, 0.29) is 18.0 Å². The van der Waals surface area contributed by atoms with Crippen LogP contribution in [0.3, 0.4) is 0 Å². The van der Waals surface area contributed by atoms with Gasteiger partial charge in [0, 0.05) is 32.1 Å². The molecule has 3 aliphatic heterocycles. The molecule has 3 fully saturated rings. The van der Waals surface area contributed by atoms with E-state index in [1.54, 1.807) is 42.8 Å². The summed E-state index contributed by atoms with van der Waals surface area (Å²) >= 11 is 6.63. The largest absolute Gasteiger partial charge is 0.467 e. The summed E-state index contributed by atoms with van der Waals surface area (Å²) in [6.45, 7) is 2.68. The van der Waals surface area contributed by atoms with Crippen molar-refractivity contribution in [3.05, 3.63) is 69.4 Å². The van der Waals surface area contributed by atoms with Crippen LogP contribution >= 0.6 is 24.0 Å². The number of furan rings is 1. The first-order chi connectivity index (χ1) is 17.0. The maximum Gasteiger partial charge on any atom is 0.267 e. The number of fused-ring (bicyclic) bond motifs is 1. The molecule has 3 aromatic rings. The van der Waals surface area contributed by atoms with Gasteiger partial charge in [0.15, 0.2) is 5.79 Å². The average molecular weight is 511 g/mol. The third-order valence-electron chi connectivity index (χ3n) is 6.43. The second kappa shape index (κ2) is 8.90. The van der Waals surface area contributed by atoms with Gasteiger partial charge in [0.1, 0.15) is 21.5 Å². The van der Waals surface area contributed by atoms with Crippen LogP contribution in [0.4, 0.5) is 5.82 Å². The van der Waals surface area contributed by atoms with E-state index in [0.29, 0.717) is 71.2 Å². The van der Waals surface area contributed by atoms with Crippen LogP contribution in [-0.2, 0) is 20.8 Å². The molecule has 1 spiro atoms. The number of hydrogen-bond acceptors (Lipinski definition) is 9. The lowest BCUT2D eigenvalue weighted by atomic mass is 10.0. The molecule has 35 heavy (non-hydrogen) atoms. The van der Waals surface area contributed by atoms with E-state index >= 15 is 0 Å². The minimum absolute atomic E-state index is 0.240. The van der Waals surface area contributed by atoms with Crippen molar-refractivity contribution < 1.29 is 18.7 Å². The number of carbonyl (C=O) groups is 1. The van der Waals surface area contributed by atoms with Crippen LogP contribution in [0.5, 0.6) is 0 Å². The van der Waals surface area contributed by atoms with Crippen LogP contribution in [0.15, 0.2) is 56.9 Å². The van der Waals surface area contributed by atoms with Gasteiger partial charge < -0.3 is 18.8 Å². The fourth-order valence-electron chi connectivity index (χ4n) is 4.63. The summed E-state index contributed by atoms with van der Waals surface area (Å²) in [4.78, 5) is 35.5. The molecule has 6 heterocycles. The van der Waals surface area contributed by atoms with Crippen LogP contribution in [-0.4, -0.2) is 56.6 Å². The molecule has 0 N–H and O–H groups in total. The Hall–Kier alpha value is -2.99. The number of piperidine rings is 1. The van der Waals surface area contributed by atoms with Crippen LogP contribution < -0.4 is 10.5 Å². The third kappa shape index (κ3) is 4.08. The van der Waals surface area contributed by atoms with Crippen molar-refractivity contribution in [3.8, 4) is 0 Å². The van der Waals surface area contributed by atoms with E-state index in [4.69, 9.17) is 31.1 Å². The Bertz CT molecular complexity index is 1380. The standard InChI is InChI=1S/C24H22N4O5S2/c29-21-17(14-18-22(30)28(23(34)35-18)15-16-4-3-11-31-16)20(25-19-5-1-2-8-27(19)21)26-9-6-24(7-10-26)32-12-13-33-24/h1-5,8,11,14H,6-7,9-10,12-13,15H2. The number of nitrogens with zero attached hydrogens (tertiary/aromatic N) is 4. The van der Waals surface area contributed by atoms with Gasteiger partial charge in [-0.15, -0.1) is 0 Å².